The quantitative estimate of drug-likeness (QED) is 0.734. The zero-order chi connectivity index (χ0) is 19.6. The highest BCUT2D eigenvalue weighted by Crippen LogP contribution is 2.21. The maximum absolute atomic E-state index is 12.8. The molecule has 140 valence electrons. The molecule has 0 aliphatic heterocycles. The van der Waals surface area contributed by atoms with Crippen LogP contribution >= 0.6 is 0 Å². The van der Waals surface area contributed by atoms with Crippen LogP contribution in [0.4, 0.5) is 5.69 Å². The van der Waals surface area contributed by atoms with Gasteiger partial charge in [-0.05, 0) is 55.7 Å². The molecule has 0 fully saturated rings. The molecule has 0 saturated carbocycles. The largest absolute Gasteiger partial charge is 0.325 e. The van der Waals surface area contributed by atoms with E-state index in [0.29, 0.717) is 5.69 Å². The minimum absolute atomic E-state index is 0.143. The van der Waals surface area contributed by atoms with Crippen molar-refractivity contribution in [2.75, 3.05) is 11.1 Å². The van der Waals surface area contributed by atoms with Gasteiger partial charge < -0.3 is 5.32 Å². The van der Waals surface area contributed by atoms with Gasteiger partial charge in [0.2, 0.25) is 20.9 Å². The molecule has 1 aromatic heterocycles. The molecule has 0 atom stereocenters. The van der Waals surface area contributed by atoms with Crippen LogP contribution in [0, 0.1) is 20.8 Å². The minimum Gasteiger partial charge on any atom is -0.325 e. The van der Waals surface area contributed by atoms with Gasteiger partial charge in [0.15, 0.2) is 0 Å². The predicted molar refractivity (Wildman–Crippen MR) is 105 cm³/mol. The average molecular weight is 383 g/mol. The lowest BCUT2D eigenvalue weighted by atomic mass is 10.1. The first-order chi connectivity index (χ1) is 12.8. The Balaban J connectivity index is 1.87. The summed E-state index contributed by atoms with van der Waals surface area (Å²) in [5.41, 5.74) is 4.18. The molecular weight excluding hydrogens is 362 g/mol. The van der Waals surface area contributed by atoms with Crippen molar-refractivity contribution in [3.63, 3.8) is 0 Å². The first kappa shape index (κ1) is 18.8. The molecular formula is C20H21N3O3S. The number of aryl methyl sites for hydroxylation is 3. The number of nitrogens with one attached hydrogen (secondary N) is 1. The molecule has 27 heavy (non-hydrogen) atoms. The monoisotopic (exact) mass is 383 g/mol. The molecule has 0 unspecified atom stereocenters. The first-order valence-corrected chi connectivity index (χ1v) is 10.1. The van der Waals surface area contributed by atoms with E-state index in [9.17, 15) is 13.2 Å². The lowest BCUT2D eigenvalue weighted by molar-refractivity contribution is -0.113. The van der Waals surface area contributed by atoms with Crippen LogP contribution in [0.15, 0.2) is 60.0 Å². The van der Waals surface area contributed by atoms with E-state index < -0.39 is 21.5 Å². The van der Waals surface area contributed by atoms with Gasteiger partial charge in [-0.2, -0.15) is 0 Å². The molecule has 0 aliphatic rings. The maximum Gasteiger partial charge on any atom is 0.240 e. The van der Waals surface area contributed by atoms with Crippen LogP contribution in [0.1, 0.15) is 16.7 Å². The highest BCUT2D eigenvalue weighted by molar-refractivity contribution is 7.92. The van der Waals surface area contributed by atoms with Gasteiger partial charge >= 0.3 is 0 Å². The maximum atomic E-state index is 12.8. The third kappa shape index (κ3) is 4.25. The molecule has 6 nitrogen and oxygen atoms in total. The van der Waals surface area contributed by atoms with Gasteiger partial charge in [0, 0.05) is 18.1 Å². The fraction of sp³-hybridized carbons (Fsp3) is 0.200. The smallest absolute Gasteiger partial charge is 0.240 e. The Kier molecular flexibility index (Phi) is 5.14. The van der Waals surface area contributed by atoms with E-state index in [2.05, 4.69) is 10.3 Å². The van der Waals surface area contributed by atoms with Crippen LogP contribution in [0.25, 0.3) is 5.69 Å². The summed E-state index contributed by atoms with van der Waals surface area (Å²) in [4.78, 5) is 16.3. The number of carbonyl (C=O) groups excluding carboxylic acids is 1. The summed E-state index contributed by atoms with van der Waals surface area (Å²) in [6, 6.07) is 13.0. The Morgan fingerprint density at radius 2 is 1.81 bits per heavy atom. The Labute approximate surface area is 158 Å². The Morgan fingerprint density at radius 3 is 2.56 bits per heavy atom. The van der Waals surface area contributed by atoms with Crippen LogP contribution in [0.2, 0.25) is 0 Å². The van der Waals surface area contributed by atoms with E-state index in [1.54, 1.807) is 24.4 Å². The molecule has 1 N–H and O–H groups in total. The second-order valence-electron chi connectivity index (χ2n) is 6.55. The van der Waals surface area contributed by atoms with E-state index in [-0.39, 0.29) is 5.16 Å². The van der Waals surface area contributed by atoms with Crippen LogP contribution in [-0.4, -0.2) is 29.6 Å². The van der Waals surface area contributed by atoms with Crippen molar-refractivity contribution in [3.05, 3.63) is 71.5 Å². The number of imidazole rings is 1. The number of hydrogen-bond acceptors (Lipinski definition) is 4. The zero-order valence-electron chi connectivity index (χ0n) is 15.4. The van der Waals surface area contributed by atoms with Crippen molar-refractivity contribution in [2.45, 2.75) is 25.9 Å². The second kappa shape index (κ2) is 7.36. The zero-order valence-corrected chi connectivity index (χ0v) is 16.2. The Hall–Kier alpha value is -2.93. The highest BCUT2D eigenvalue weighted by atomic mass is 32.2. The van der Waals surface area contributed by atoms with Gasteiger partial charge in [-0.15, -0.1) is 0 Å². The van der Waals surface area contributed by atoms with Crippen molar-refractivity contribution >= 4 is 21.4 Å². The van der Waals surface area contributed by atoms with Gasteiger partial charge in [-0.3, -0.25) is 9.36 Å². The summed E-state index contributed by atoms with van der Waals surface area (Å²) in [7, 11) is -3.92. The fourth-order valence-electron chi connectivity index (χ4n) is 2.84. The van der Waals surface area contributed by atoms with Crippen LogP contribution < -0.4 is 5.32 Å². The number of rotatable bonds is 5. The summed E-state index contributed by atoms with van der Waals surface area (Å²) >= 11 is 0. The number of aromatic nitrogens is 2. The molecule has 3 aromatic rings. The molecule has 1 heterocycles. The Morgan fingerprint density at radius 1 is 1.07 bits per heavy atom. The number of anilines is 1. The van der Waals surface area contributed by atoms with Crippen molar-refractivity contribution < 1.29 is 13.2 Å². The topological polar surface area (TPSA) is 81.1 Å². The van der Waals surface area contributed by atoms with Crippen molar-refractivity contribution in [2.24, 2.45) is 0 Å². The first-order valence-electron chi connectivity index (χ1n) is 8.46. The van der Waals surface area contributed by atoms with Gasteiger partial charge in [-0.1, -0.05) is 24.3 Å². The van der Waals surface area contributed by atoms with Gasteiger partial charge in [0.25, 0.3) is 0 Å². The number of benzene rings is 2. The molecule has 0 aliphatic carbocycles. The van der Waals surface area contributed by atoms with Gasteiger partial charge in [0.05, 0.1) is 5.69 Å². The van der Waals surface area contributed by atoms with Crippen molar-refractivity contribution in [1.29, 1.82) is 0 Å². The molecule has 2 aromatic carbocycles. The molecule has 0 radical (unpaired) electrons. The standard InChI is InChI=1S/C20H21N3O3S/c1-14-5-4-6-17(11-14)22-19(24)13-27(25,26)20-21-9-10-23(20)18-12-15(2)7-8-16(18)3/h4-12H,13H2,1-3H3,(H,22,24). The lowest BCUT2D eigenvalue weighted by Crippen LogP contribution is -2.25. The van der Waals surface area contributed by atoms with E-state index in [1.165, 1.54) is 10.8 Å². The lowest BCUT2D eigenvalue weighted by Gasteiger charge is -2.12. The summed E-state index contributed by atoms with van der Waals surface area (Å²) in [6.45, 7) is 5.73. The molecule has 0 bridgehead atoms. The number of carbonyl (C=O) groups is 1. The molecule has 7 heteroatoms. The number of nitrogens with zero attached hydrogens (tertiary/aromatic N) is 2. The number of hydrogen-bond donors (Lipinski definition) is 1. The van der Waals surface area contributed by atoms with Crippen LogP contribution in [-0.2, 0) is 14.6 Å². The molecule has 1 amide bonds. The van der Waals surface area contributed by atoms with Gasteiger partial charge in [-0.25, -0.2) is 13.4 Å². The summed E-state index contributed by atoms with van der Waals surface area (Å²) in [5.74, 6) is -1.28. The second-order valence-corrected chi connectivity index (χ2v) is 8.43. The van der Waals surface area contributed by atoms with Crippen LogP contribution in [0.3, 0.4) is 0 Å². The predicted octanol–water partition coefficient (Wildman–Crippen LogP) is 3.21. The normalized spacial score (nSPS) is 11.4. The fourth-order valence-corrected chi connectivity index (χ4v) is 4.07. The third-order valence-electron chi connectivity index (χ3n) is 4.13. The summed E-state index contributed by atoms with van der Waals surface area (Å²) < 4.78 is 27.1. The highest BCUT2D eigenvalue weighted by Gasteiger charge is 2.25. The van der Waals surface area contributed by atoms with Crippen molar-refractivity contribution in [1.82, 2.24) is 9.55 Å². The number of sulfone groups is 1. The van der Waals surface area contributed by atoms with Gasteiger partial charge in [0.1, 0.15) is 5.75 Å². The van der Waals surface area contributed by atoms with Crippen LogP contribution in [0.5, 0.6) is 0 Å². The van der Waals surface area contributed by atoms with Crippen molar-refractivity contribution in [3.8, 4) is 5.69 Å². The summed E-state index contributed by atoms with van der Waals surface area (Å²) in [5, 5.41) is 2.48. The SMILES string of the molecule is Cc1cccc(NC(=O)CS(=O)(=O)c2nccn2-c2cc(C)ccc2C)c1. The summed E-state index contributed by atoms with van der Waals surface area (Å²) in [6.07, 6.45) is 3.01. The Bertz CT molecular complexity index is 1100. The molecule has 0 saturated heterocycles. The van der Waals surface area contributed by atoms with E-state index in [1.807, 2.05) is 45.0 Å². The molecule has 0 spiro atoms. The average Bonchev–Trinajstić information content (AvgIpc) is 3.07. The van der Waals surface area contributed by atoms with E-state index in [0.717, 1.165) is 22.4 Å². The van der Waals surface area contributed by atoms with E-state index in [4.69, 9.17) is 0 Å². The van der Waals surface area contributed by atoms with E-state index >= 15 is 0 Å². The molecule has 3 rings (SSSR count). The third-order valence-corrected chi connectivity index (χ3v) is 5.63. The number of amides is 1. The minimum atomic E-state index is -3.92.